The van der Waals surface area contributed by atoms with Crippen LogP contribution in [-0.2, 0) is 22.6 Å². The number of anilines is 1. The van der Waals surface area contributed by atoms with Crippen molar-refractivity contribution in [3.63, 3.8) is 0 Å². The summed E-state index contributed by atoms with van der Waals surface area (Å²) in [5, 5.41) is 2.76. The fourth-order valence-electron chi connectivity index (χ4n) is 3.23. The topological polar surface area (TPSA) is 79.4 Å². The maximum absolute atomic E-state index is 13.1. The Morgan fingerprint density at radius 2 is 1.61 bits per heavy atom. The molecule has 0 saturated carbocycles. The molecule has 3 aromatic rings. The second-order valence-electron chi connectivity index (χ2n) is 7.73. The van der Waals surface area contributed by atoms with E-state index in [2.05, 4.69) is 10.3 Å². The number of carbonyl (C=O) groups excluding carboxylic acids is 3. The van der Waals surface area contributed by atoms with E-state index in [9.17, 15) is 14.4 Å². The highest BCUT2D eigenvalue weighted by molar-refractivity contribution is 6.07. The second kappa shape index (κ2) is 11.5. The van der Waals surface area contributed by atoms with E-state index < -0.39 is 0 Å². The van der Waals surface area contributed by atoms with Crippen LogP contribution in [0.4, 0.5) is 5.69 Å². The first kappa shape index (κ1) is 23.6. The van der Waals surface area contributed by atoms with Crippen LogP contribution in [0.25, 0.3) is 0 Å². The number of amides is 2. The lowest BCUT2D eigenvalue weighted by Crippen LogP contribution is -2.32. The van der Waals surface area contributed by atoms with E-state index in [1.54, 1.807) is 42.3 Å². The van der Waals surface area contributed by atoms with E-state index in [0.717, 1.165) is 11.3 Å². The van der Waals surface area contributed by atoms with Crippen molar-refractivity contribution in [3.05, 3.63) is 107 Å². The van der Waals surface area contributed by atoms with Crippen molar-refractivity contribution in [2.45, 2.75) is 26.8 Å². The minimum absolute atomic E-state index is 0.0428. The lowest BCUT2D eigenvalue weighted by atomic mass is 10.1. The van der Waals surface area contributed by atoms with Crippen LogP contribution in [0, 0.1) is 0 Å². The van der Waals surface area contributed by atoms with Crippen molar-refractivity contribution < 1.29 is 14.4 Å². The summed E-state index contributed by atoms with van der Waals surface area (Å²) in [6, 6.07) is 22.1. The molecule has 33 heavy (non-hydrogen) atoms. The summed E-state index contributed by atoms with van der Waals surface area (Å²) < 4.78 is 0. The van der Waals surface area contributed by atoms with Crippen molar-refractivity contribution in [1.29, 1.82) is 0 Å². The molecule has 2 amide bonds. The van der Waals surface area contributed by atoms with Crippen LogP contribution in [0.15, 0.2) is 90.6 Å². The van der Waals surface area contributed by atoms with E-state index in [0.29, 0.717) is 36.3 Å². The Hall–Kier alpha value is -4.06. The molecule has 0 atom stereocenters. The number of benzene rings is 2. The van der Waals surface area contributed by atoms with Gasteiger partial charge in [-0.2, -0.15) is 0 Å². The van der Waals surface area contributed by atoms with E-state index in [1.807, 2.05) is 48.5 Å². The molecule has 1 heterocycles. The Kier molecular flexibility index (Phi) is 8.24. The lowest BCUT2D eigenvalue weighted by Gasteiger charge is -2.22. The fourth-order valence-corrected chi connectivity index (χ4v) is 3.23. The summed E-state index contributed by atoms with van der Waals surface area (Å²) >= 11 is 0. The monoisotopic (exact) mass is 441 g/mol. The minimum atomic E-state index is -0.372. The van der Waals surface area contributed by atoms with Gasteiger partial charge in [0.05, 0.1) is 0 Å². The smallest absolute Gasteiger partial charge is 0.251 e. The molecule has 1 aromatic heterocycles. The lowest BCUT2D eigenvalue weighted by molar-refractivity contribution is -0.127. The molecule has 0 unspecified atom stereocenters. The largest absolute Gasteiger partial charge is 0.334 e. The number of hydrogen-bond donors (Lipinski definition) is 1. The van der Waals surface area contributed by atoms with Crippen LogP contribution in [0.3, 0.4) is 0 Å². The van der Waals surface area contributed by atoms with Crippen LogP contribution in [-0.4, -0.2) is 34.0 Å². The first-order valence-electron chi connectivity index (χ1n) is 10.8. The summed E-state index contributed by atoms with van der Waals surface area (Å²) in [5.41, 5.74) is 3.33. The molecule has 0 aliphatic carbocycles. The zero-order valence-electron chi connectivity index (χ0n) is 18.8. The van der Waals surface area contributed by atoms with Gasteiger partial charge in [-0.1, -0.05) is 36.4 Å². The molecule has 6 heteroatoms. The Balaban J connectivity index is 1.69. The van der Waals surface area contributed by atoms with Gasteiger partial charge in [-0.05, 0) is 55.8 Å². The van der Waals surface area contributed by atoms with Crippen molar-refractivity contribution in [1.82, 2.24) is 9.88 Å². The molecule has 0 radical (unpaired) electrons. The molecule has 0 spiro atoms. The number of nitrogens with one attached hydrogen (secondary N) is 1. The molecule has 1 N–H and O–H groups in total. The van der Waals surface area contributed by atoms with Gasteiger partial charge in [0.25, 0.3) is 5.91 Å². The minimum Gasteiger partial charge on any atom is -0.334 e. The van der Waals surface area contributed by atoms with Gasteiger partial charge in [-0.15, -0.1) is 0 Å². The summed E-state index contributed by atoms with van der Waals surface area (Å²) in [6.45, 7) is 4.00. The van der Waals surface area contributed by atoms with Crippen LogP contribution in [0.5, 0.6) is 0 Å². The highest BCUT2D eigenvalue weighted by Gasteiger charge is 2.15. The van der Waals surface area contributed by atoms with Gasteiger partial charge in [0.2, 0.25) is 5.91 Å². The van der Waals surface area contributed by atoms with Gasteiger partial charge < -0.3 is 10.2 Å². The molecule has 6 nitrogen and oxygen atoms in total. The summed E-state index contributed by atoms with van der Waals surface area (Å²) in [6.07, 6.45) is 3.71. The highest BCUT2D eigenvalue weighted by atomic mass is 16.2. The molecule has 0 aliphatic rings. The van der Waals surface area contributed by atoms with Crippen molar-refractivity contribution in [3.8, 4) is 0 Å². The van der Waals surface area contributed by atoms with Crippen LogP contribution in [0.1, 0.15) is 35.5 Å². The number of ketones is 1. The van der Waals surface area contributed by atoms with E-state index in [1.165, 1.54) is 13.0 Å². The molecule has 0 saturated heterocycles. The first-order chi connectivity index (χ1) is 15.9. The summed E-state index contributed by atoms with van der Waals surface area (Å²) in [5.74, 6) is -0.656. The second-order valence-corrected chi connectivity index (χ2v) is 7.73. The summed E-state index contributed by atoms with van der Waals surface area (Å²) in [7, 11) is 0. The molecule has 0 aliphatic heterocycles. The van der Waals surface area contributed by atoms with E-state index in [4.69, 9.17) is 0 Å². The molecule has 3 rings (SSSR count). The zero-order valence-corrected chi connectivity index (χ0v) is 18.8. The fraction of sp³-hybridized carbons (Fsp3) is 0.185. The zero-order chi connectivity index (χ0) is 23.6. The number of pyridine rings is 1. The van der Waals surface area contributed by atoms with Crippen LogP contribution < -0.4 is 5.32 Å². The van der Waals surface area contributed by atoms with Crippen molar-refractivity contribution >= 4 is 23.3 Å². The average molecular weight is 442 g/mol. The van der Waals surface area contributed by atoms with E-state index >= 15 is 0 Å². The third kappa shape index (κ3) is 7.25. The van der Waals surface area contributed by atoms with Gasteiger partial charge >= 0.3 is 0 Å². The first-order valence-corrected chi connectivity index (χ1v) is 10.8. The van der Waals surface area contributed by atoms with Gasteiger partial charge in [0, 0.05) is 54.3 Å². The Bertz CT molecular complexity index is 1120. The van der Waals surface area contributed by atoms with Gasteiger partial charge in [-0.3, -0.25) is 19.4 Å². The molecule has 0 bridgehead atoms. The standard InChI is InChI=1S/C27H27N3O3/c1-20(27(33)29-25-13-11-23(12-14-25)21(2)31)18-26(32)30(19-22-8-4-3-5-9-22)17-15-24-10-6-7-16-28-24/h3-14,16,18H,15,17,19H2,1-2H3,(H,29,33)/b20-18-. The van der Waals surface area contributed by atoms with Gasteiger partial charge in [0.1, 0.15) is 0 Å². The molecule has 0 fully saturated rings. The third-order valence-corrected chi connectivity index (χ3v) is 5.14. The molecule has 168 valence electrons. The number of rotatable bonds is 9. The number of hydrogen-bond acceptors (Lipinski definition) is 4. The predicted octanol–water partition coefficient (Wildman–Crippen LogP) is 4.44. The highest BCUT2D eigenvalue weighted by Crippen LogP contribution is 2.13. The van der Waals surface area contributed by atoms with Crippen LogP contribution in [0.2, 0.25) is 0 Å². The number of Topliss-reactive ketones (excluding diaryl/α,β-unsaturated/α-hetero) is 1. The van der Waals surface area contributed by atoms with Gasteiger partial charge in [-0.25, -0.2) is 0 Å². The Morgan fingerprint density at radius 3 is 2.24 bits per heavy atom. The SMILES string of the molecule is CC(=O)c1ccc(NC(=O)/C(C)=C\C(=O)N(CCc2ccccn2)Cc2ccccc2)cc1. The Labute approximate surface area is 194 Å². The predicted molar refractivity (Wildman–Crippen MR) is 129 cm³/mol. The maximum Gasteiger partial charge on any atom is 0.251 e. The normalized spacial score (nSPS) is 11.0. The Morgan fingerprint density at radius 1 is 0.909 bits per heavy atom. The quantitative estimate of drug-likeness (QED) is 0.393. The number of nitrogens with zero attached hydrogens (tertiary/aromatic N) is 2. The molecular weight excluding hydrogens is 414 g/mol. The molecular formula is C27H27N3O3. The number of carbonyl (C=O) groups is 3. The molecule has 2 aromatic carbocycles. The van der Waals surface area contributed by atoms with Crippen molar-refractivity contribution in [2.24, 2.45) is 0 Å². The van der Waals surface area contributed by atoms with Crippen LogP contribution >= 0.6 is 0 Å². The van der Waals surface area contributed by atoms with Gasteiger partial charge in [0.15, 0.2) is 5.78 Å². The summed E-state index contributed by atoms with van der Waals surface area (Å²) in [4.78, 5) is 43.1. The third-order valence-electron chi connectivity index (χ3n) is 5.14. The average Bonchev–Trinajstić information content (AvgIpc) is 2.83. The van der Waals surface area contributed by atoms with Crippen molar-refractivity contribution in [2.75, 3.05) is 11.9 Å². The maximum atomic E-state index is 13.1. The number of aromatic nitrogens is 1. The van der Waals surface area contributed by atoms with E-state index in [-0.39, 0.29) is 17.6 Å².